The molecule has 0 spiro atoms. The predicted molar refractivity (Wildman–Crippen MR) is 93.8 cm³/mol. The summed E-state index contributed by atoms with van der Waals surface area (Å²) in [6.45, 7) is 3.62. The minimum absolute atomic E-state index is 0.0754. The van der Waals surface area contributed by atoms with E-state index in [0.717, 1.165) is 0 Å². The number of sulfone groups is 1. The van der Waals surface area contributed by atoms with Crippen molar-refractivity contribution in [3.05, 3.63) is 54.1 Å². The van der Waals surface area contributed by atoms with Gasteiger partial charge in [0.1, 0.15) is 5.75 Å². The molecule has 0 aliphatic heterocycles. The molecule has 0 aromatic heterocycles. The molecule has 0 saturated heterocycles. The van der Waals surface area contributed by atoms with Crippen LogP contribution in [0.5, 0.6) is 5.75 Å². The Kier molecular flexibility index (Phi) is 5.62. The summed E-state index contributed by atoms with van der Waals surface area (Å²) in [6, 6.07) is 13.1. The van der Waals surface area contributed by atoms with Gasteiger partial charge in [0.2, 0.25) is 5.91 Å². The quantitative estimate of drug-likeness (QED) is 0.870. The number of nitrogens with one attached hydrogen (secondary N) is 1. The molecule has 0 aliphatic carbocycles. The Balaban J connectivity index is 2.10. The Bertz CT molecular complexity index is 794. The molecule has 0 fully saturated rings. The van der Waals surface area contributed by atoms with Gasteiger partial charge >= 0.3 is 0 Å². The van der Waals surface area contributed by atoms with Crippen molar-refractivity contribution in [2.75, 3.05) is 12.4 Å². The van der Waals surface area contributed by atoms with E-state index in [1.807, 2.05) is 13.8 Å². The molecule has 0 unspecified atom stereocenters. The maximum Gasteiger partial charge on any atom is 0.226 e. The number of carbonyl (C=O) groups excluding carboxylic acids is 1. The van der Waals surface area contributed by atoms with Gasteiger partial charge < -0.3 is 10.1 Å². The van der Waals surface area contributed by atoms with Crippen LogP contribution in [0.25, 0.3) is 0 Å². The second-order valence-corrected chi connectivity index (χ2v) is 7.77. The van der Waals surface area contributed by atoms with E-state index in [1.54, 1.807) is 36.4 Å². The largest absolute Gasteiger partial charge is 0.497 e. The third-order valence-electron chi connectivity index (χ3n) is 3.52. The molecular formula is C18H21NO4S. The molecule has 0 saturated carbocycles. The van der Waals surface area contributed by atoms with Crippen molar-refractivity contribution in [1.29, 1.82) is 0 Å². The lowest BCUT2D eigenvalue weighted by molar-refractivity contribution is -0.118. The first kappa shape index (κ1) is 18.0. The van der Waals surface area contributed by atoms with Crippen LogP contribution in [0.3, 0.4) is 0 Å². The Morgan fingerprint density at radius 2 is 1.62 bits per heavy atom. The Morgan fingerprint density at radius 3 is 2.12 bits per heavy atom. The van der Waals surface area contributed by atoms with Crippen LogP contribution in [-0.2, 0) is 20.4 Å². The summed E-state index contributed by atoms with van der Waals surface area (Å²) in [5.41, 5.74) is 1.31. The van der Waals surface area contributed by atoms with Crippen molar-refractivity contribution < 1.29 is 17.9 Å². The van der Waals surface area contributed by atoms with Gasteiger partial charge in [-0.3, -0.25) is 4.79 Å². The molecule has 5 nitrogen and oxygen atoms in total. The lowest BCUT2D eigenvalue weighted by Gasteiger charge is -2.09. The maximum atomic E-state index is 12.4. The van der Waals surface area contributed by atoms with Gasteiger partial charge in [0.15, 0.2) is 9.84 Å². The number of amides is 1. The maximum absolute atomic E-state index is 12.4. The molecule has 128 valence electrons. The number of carbonyl (C=O) groups is 1. The van der Waals surface area contributed by atoms with E-state index in [9.17, 15) is 13.2 Å². The second-order valence-electron chi connectivity index (χ2n) is 5.78. The van der Waals surface area contributed by atoms with E-state index in [4.69, 9.17) is 4.74 Å². The first-order valence-corrected chi connectivity index (χ1v) is 9.23. The van der Waals surface area contributed by atoms with Crippen molar-refractivity contribution in [3.8, 4) is 5.75 Å². The number of hydrogen-bond donors (Lipinski definition) is 1. The first-order chi connectivity index (χ1) is 11.3. The topological polar surface area (TPSA) is 72.5 Å². The van der Waals surface area contributed by atoms with E-state index in [-0.39, 0.29) is 22.5 Å². The highest BCUT2D eigenvalue weighted by Gasteiger charge is 2.15. The zero-order valence-corrected chi connectivity index (χ0v) is 14.8. The second kappa shape index (κ2) is 7.49. The molecule has 1 amide bonds. The van der Waals surface area contributed by atoms with Gasteiger partial charge in [0, 0.05) is 11.6 Å². The third-order valence-corrected chi connectivity index (χ3v) is 5.22. The highest BCUT2D eigenvalue weighted by Crippen LogP contribution is 2.21. The molecule has 0 heterocycles. The van der Waals surface area contributed by atoms with E-state index >= 15 is 0 Å². The molecule has 2 rings (SSSR count). The fraction of sp³-hybridized carbons (Fsp3) is 0.278. The molecular weight excluding hydrogens is 326 g/mol. The average Bonchev–Trinajstić information content (AvgIpc) is 2.56. The molecule has 6 heteroatoms. The van der Waals surface area contributed by atoms with Crippen LogP contribution in [0, 0.1) is 5.92 Å². The van der Waals surface area contributed by atoms with Gasteiger partial charge in [0.25, 0.3) is 0 Å². The minimum atomic E-state index is -3.43. The van der Waals surface area contributed by atoms with Crippen LogP contribution < -0.4 is 10.1 Å². The normalized spacial score (nSPS) is 11.3. The Hall–Kier alpha value is -2.34. The summed E-state index contributed by atoms with van der Waals surface area (Å²) < 4.78 is 29.9. The molecule has 24 heavy (non-hydrogen) atoms. The number of hydrogen-bond acceptors (Lipinski definition) is 4. The molecule has 1 N–H and O–H groups in total. The lowest BCUT2D eigenvalue weighted by atomic mass is 10.2. The van der Waals surface area contributed by atoms with Crippen LogP contribution in [0.15, 0.2) is 53.4 Å². The van der Waals surface area contributed by atoms with Gasteiger partial charge in [0.05, 0.1) is 17.8 Å². The van der Waals surface area contributed by atoms with Gasteiger partial charge in [-0.2, -0.15) is 0 Å². The third kappa shape index (κ3) is 4.58. The number of benzene rings is 2. The van der Waals surface area contributed by atoms with Crippen LogP contribution in [0.2, 0.25) is 0 Å². The summed E-state index contributed by atoms with van der Waals surface area (Å²) in [5, 5.41) is 2.77. The summed E-state index contributed by atoms with van der Waals surface area (Å²) in [6.07, 6.45) is 0. The molecule has 0 aliphatic rings. The van der Waals surface area contributed by atoms with Crippen LogP contribution in [0.4, 0.5) is 5.69 Å². The van der Waals surface area contributed by atoms with E-state index in [1.165, 1.54) is 19.2 Å². The highest BCUT2D eigenvalue weighted by molar-refractivity contribution is 7.90. The Morgan fingerprint density at radius 1 is 1.04 bits per heavy atom. The van der Waals surface area contributed by atoms with Gasteiger partial charge in [-0.15, -0.1) is 0 Å². The summed E-state index contributed by atoms with van der Waals surface area (Å²) in [7, 11) is -1.90. The summed E-state index contributed by atoms with van der Waals surface area (Å²) >= 11 is 0. The number of ether oxygens (including phenoxy) is 1. The van der Waals surface area contributed by atoms with Crippen molar-refractivity contribution in [2.24, 2.45) is 5.92 Å². The monoisotopic (exact) mass is 347 g/mol. The van der Waals surface area contributed by atoms with Crippen LogP contribution in [-0.4, -0.2) is 21.4 Å². The Labute approximate surface area is 142 Å². The average molecular weight is 347 g/mol. The fourth-order valence-corrected chi connectivity index (χ4v) is 3.41. The number of anilines is 1. The zero-order valence-electron chi connectivity index (χ0n) is 13.9. The van der Waals surface area contributed by atoms with Gasteiger partial charge in [-0.1, -0.05) is 26.0 Å². The minimum Gasteiger partial charge on any atom is -0.497 e. The van der Waals surface area contributed by atoms with Crippen LogP contribution in [0.1, 0.15) is 19.4 Å². The smallest absolute Gasteiger partial charge is 0.226 e. The standard InChI is InChI=1S/C18H21NO4S/c1-13(2)18(20)19-15-6-4-14(5-7-15)12-24(21,22)17-10-8-16(23-3)9-11-17/h4-11,13H,12H2,1-3H3,(H,19,20). The van der Waals surface area contributed by atoms with Gasteiger partial charge in [-0.05, 0) is 42.0 Å². The molecule has 2 aromatic carbocycles. The SMILES string of the molecule is COc1ccc(S(=O)(=O)Cc2ccc(NC(=O)C(C)C)cc2)cc1. The van der Waals surface area contributed by atoms with E-state index in [0.29, 0.717) is 17.0 Å². The molecule has 0 atom stereocenters. The molecule has 0 radical (unpaired) electrons. The van der Waals surface area contributed by atoms with E-state index in [2.05, 4.69) is 5.32 Å². The first-order valence-electron chi connectivity index (χ1n) is 7.58. The highest BCUT2D eigenvalue weighted by atomic mass is 32.2. The summed E-state index contributed by atoms with van der Waals surface area (Å²) in [4.78, 5) is 11.9. The molecule has 2 aromatic rings. The van der Waals surface area contributed by atoms with Crippen LogP contribution >= 0.6 is 0 Å². The summed E-state index contributed by atoms with van der Waals surface area (Å²) in [5.74, 6) is 0.325. The number of rotatable bonds is 6. The van der Waals surface area contributed by atoms with Crippen molar-refractivity contribution in [3.63, 3.8) is 0 Å². The van der Waals surface area contributed by atoms with E-state index < -0.39 is 9.84 Å². The van der Waals surface area contributed by atoms with Crippen molar-refractivity contribution in [1.82, 2.24) is 0 Å². The predicted octanol–water partition coefficient (Wildman–Crippen LogP) is 3.26. The number of methoxy groups -OCH3 is 1. The lowest BCUT2D eigenvalue weighted by Crippen LogP contribution is -2.17. The van der Waals surface area contributed by atoms with Crippen molar-refractivity contribution in [2.45, 2.75) is 24.5 Å². The zero-order chi connectivity index (χ0) is 17.7. The van der Waals surface area contributed by atoms with Gasteiger partial charge in [-0.25, -0.2) is 8.42 Å². The molecule has 0 bridgehead atoms. The van der Waals surface area contributed by atoms with Crippen molar-refractivity contribution >= 4 is 21.4 Å². The fourth-order valence-electron chi connectivity index (χ4n) is 2.06.